The van der Waals surface area contributed by atoms with E-state index in [0.717, 1.165) is 49.6 Å². The number of piperidine rings is 1. The Labute approximate surface area is 193 Å². The molecule has 5 rings (SSSR count). The van der Waals surface area contributed by atoms with Gasteiger partial charge >= 0.3 is 0 Å². The molecule has 1 spiro atoms. The maximum absolute atomic E-state index is 9.92. The van der Waals surface area contributed by atoms with Crippen molar-refractivity contribution in [2.45, 2.75) is 38.8 Å². The minimum Gasteiger partial charge on any atom is -0.481 e. The topological polar surface area (TPSA) is 113 Å². The summed E-state index contributed by atoms with van der Waals surface area (Å²) < 4.78 is 5.63. The molecule has 2 aromatic heterocycles. The first kappa shape index (κ1) is 21.4. The number of imidazole rings is 1. The van der Waals surface area contributed by atoms with Gasteiger partial charge in [-0.2, -0.15) is 0 Å². The van der Waals surface area contributed by atoms with Gasteiger partial charge in [0, 0.05) is 24.2 Å². The van der Waals surface area contributed by atoms with E-state index in [2.05, 4.69) is 36.7 Å². The Bertz CT molecular complexity index is 1190. The van der Waals surface area contributed by atoms with Crippen molar-refractivity contribution < 1.29 is 9.84 Å². The van der Waals surface area contributed by atoms with Gasteiger partial charge in [0.15, 0.2) is 5.82 Å². The molecule has 3 aromatic rings. The van der Waals surface area contributed by atoms with E-state index in [-0.39, 0.29) is 24.7 Å². The first-order valence-electron chi connectivity index (χ1n) is 11.3. The van der Waals surface area contributed by atoms with E-state index in [4.69, 9.17) is 10.5 Å². The highest BCUT2D eigenvalue weighted by atomic mass is 16.5. The number of nitrogens with two attached hydrogens (primary N) is 1. The van der Waals surface area contributed by atoms with Gasteiger partial charge in [-0.05, 0) is 44.2 Å². The Kier molecular flexibility index (Phi) is 5.75. The minimum atomic E-state index is -0.187. The summed E-state index contributed by atoms with van der Waals surface area (Å²) in [6, 6.07) is 7.80. The molecule has 170 valence electrons. The average Bonchev–Trinajstić information content (AvgIpc) is 3.39. The predicted molar refractivity (Wildman–Crippen MR) is 125 cm³/mol. The van der Waals surface area contributed by atoms with Crippen LogP contribution >= 0.6 is 0 Å². The molecule has 2 aliphatic rings. The number of aliphatic hydroxyl groups excluding tert-OH is 1. The first-order chi connectivity index (χ1) is 16.1. The number of aryl methyl sites for hydroxylation is 1. The maximum Gasteiger partial charge on any atom is 0.152 e. The van der Waals surface area contributed by atoms with Gasteiger partial charge in [0.05, 0.1) is 30.9 Å². The van der Waals surface area contributed by atoms with Crippen LogP contribution in [0.5, 0.6) is 5.75 Å². The number of H-pyrrole nitrogens is 1. The number of hydrogen-bond donors (Lipinski definition) is 3. The van der Waals surface area contributed by atoms with Gasteiger partial charge in [-0.25, -0.2) is 15.0 Å². The summed E-state index contributed by atoms with van der Waals surface area (Å²) in [4.78, 5) is 19.0. The smallest absolute Gasteiger partial charge is 0.152 e. The molecule has 0 radical (unpaired) electrons. The summed E-state index contributed by atoms with van der Waals surface area (Å²) in [7, 11) is 0. The van der Waals surface area contributed by atoms with Gasteiger partial charge in [0.2, 0.25) is 0 Å². The van der Waals surface area contributed by atoms with E-state index in [9.17, 15) is 5.11 Å². The zero-order valence-corrected chi connectivity index (χ0v) is 18.7. The van der Waals surface area contributed by atoms with Crippen LogP contribution < -0.4 is 15.4 Å². The largest absolute Gasteiger partial charge is 0.481 e. The number of anilines is 1. The molecule has 1 saturated heterocycles. The lowest BCUT2D eigenvalue weighted by atomic mass is 9.73. The Morgan fingerprint density at radius 1 is 1.24 bits per heavy atom. The van der Waals surface area contributed by atoms with E-state index in [1.807, 2.05) is 31.2 Å². The van der Waals surface area contributed by atoms with E-state index in [0.29, 0.717) is 11.4 Å². The first-order valence-corrected chi connectivity index (χ1v) is 11.3. The van der Waals surface area contributed by atoms with Gasteiger partial charge in [-0.3, -0.25) is 0 Å². The second-order valence-electron chi connectivity index (χ2n) is 8.86. The Morgan fingerprint density at radius 2 is 2.03 bits per heavy atom. The summed E-state index contributed by atoms with van der Waals surface area (Å²) in [6.07, 6.45) is 6.23. The van der Waals surface area contributed by atoms with Crippen molar-refractivity contribution in [2.75, 3.05) is 24.6 Å². The number of fused-ring (bicyclic) bond motifs is 1. The summed E-state index contributed by atoms with van der Waals surface area (Å²) in [5.41, 5.74) is 11.0. The number of hydrogen-bond acceptors (Lipinski definition) is 7. The van der Waals surface area contributed by atoms with Crippen LogP contribution in [0.2, 0.25) is 0 Å². The molecule has 0 amide bonds. The number of benzene rings is 1. The molecule has 1 fully saturated rings. The fraction of sp³-hybridized carbons (Fsp3) is 0.400. The number of nitrogens with zero attached hydrogens (tertiary/aromatic N) is 4. The fourth-order valence-corrected chi connectivity index (χ4v) is 4.88. The number of rotatable bonds is 4. The second-order valence-corrected chi connectivity index (χ2v) is 8.86. The van der Waals surface area contributed by atoms with Crippen molar-refractivity contribution >= 4 is 5.82 Å². The molecule has 8 heteroatoms. The van der Waals surface area contributed by atoms with Crippen molar-refractivity contribution in [3.8, 4) is 17.6 Å². The van der Waals surface area contributed by atoms with Crippen LogP contribution in [0.25, 0.3) is 0 Å². The van der Waals surface area contributed by atoms with Crippen LogP contribution in [0, 0.1) is 24.2 Å². The maximum atomic E-state index is 9.92. The molecule has 3 heterocycles. The van der Waals surface area contributed by atoms with Crippen LogP contribution in [0.3, 0.4) is 0 Å². The number of aliphatic hydroxyl groups is 1. The zero-order chi connectivity index (χ0) is 22.8. The number of ether oxygens (including phenoxy) is 1. The molecule has 0 bridgehead atoms. The lowest BCUT2D eigenvalue weighted by Crippen LogP contribution is -2.45. The van der Waals surface area contributed by atoms with Crippen molar-refractivity contribution in [3.05, 3.63) is 65.1 Å². The molecule has 8 nitrogen and oxygen atoms in total. The number of nitrogens with one attached hydrogen (secondary N) is 1. The normalized spacial score (nSPS) is 18.6. The van der Waals surface area contributed by atoms with Gasteiger partial charge in [0.1, 0.15) is 23.7 Å². The third-order valence-electron chi connectivity index (χ3n) is 6.81. The Morgan fingerprint density at radius 3 is 2.76 bits per heavy atom. The Hall–Kier alpha value is -3.41. The van der Waals surface area contributed by atoms with Crippen LogP contribution in [0.15, 0.2) is 36.8 Å². The number of aromatic amines is 1. The van der Waals surface area contributed by atoms with Crippen molar-refractivity contribution in [3.63, 3.8) is 0 Å². The highest BCUT2D eigenvalue weighted by molar-refractivity contribution is 5.46. The van der Waals surface area contributed by atoms with E-state index >= 15 is 0 Å². The predicted octanol–water partition coefficient (Wildman–Crippen LogP) is 2.27. The molecule has 1 aliphatic carbocycles. The van der Waals surface area contributed by atoms with Crippen molar-refractivity contribution in [1.29, 1.82) is 0 Å². The lowest BCUT2D eigenvalue weighted by Gasteiger charge is -2.42. The summed E-state index contributed by atoms with van der Waals surface area (Å²) in [5, 5.41) is 9.92. The summed E-state index contributed by atoms with van der Waals surface area (Å²) >= 11 is 0. The number of aromatic nitrogens is 4. The molecule has 33 heavy (non-hydrogen) atoms. The monoisotopic (exact) mass is 444 g/mol. The molecule has 0 saturated carbocycles. The fourth-order valence-electron chi connectivity index (χ4n) is 4.88. The second kappa shape index (κ2) is 8.85. The standard InChI is InChI=1S/C25H28N6O2/c1-17-4-6-19(7-5-17)33-12-2-3-18-14-27-24(21(15-32)30-18)31-10-8-25(9-11-31)13-20-22(23(25)26)29-16-28-20/h4-7,14,16,23,32H,8-13,15,26H2,1H3,(H,28,29). The van der Waals surface area contributed by atoms with Gasteiger partial charge in [-0.15, -0.1) is 0 Å². The van der Waals surface area contributed by atoms with Crippen LogP contribution in [0.4, 0.5) is 5.82 Å². The van der Waals surface area contributed by atoms with E-state index < -0.39 is 0 Å². The molecule has 1 atom stereocenters. The molecule has 1 unspecified atom stereocenters. The minimum absolute atomic E-state index is 0.0379. The Balaban J connectivity index is 1.22. The molecule has 4 N–H and O–H groups in total. The summed E-state index contributed by atoms with van der Waals surface area (Å²) in [6.45, 7) is 3.73. The van der Waals surface area contributed by atoms with Crippen LogP contribution in [-0.4, -0.2) is 44.7 Å². The highest BCUT2D eigenvalue weighted by Crippen LogP contribution is 2.49. The lowest BCUT2D eigenvalue weighted by molar-refractivity contribution is 0.184. The molecular formula is C25H28N6O2. The van der Waals surface area contributed by atoms with E-state index in [1.165, 1.54) is 11.3 Å². The highest BCUT2D eigenvalue weighted by Gasteiger charge is 2.47. The van der Waals surface area contributed by atoms with Gasteiger partial charge < -0.3 is 25.5 Å². The molecule has 1 aliphatic heterocycles. The van der Waals surface area contributed by atoms with Crippen LogP contribution in [-0.2, 0) is 13.0 Å². The van der Waals surface area contributed by atoms with Crippen molar-refractivity contribution in [1.82, 2.24) is 19.9 Å². The SMILES string of the molecule is Cc1ccc(OCC#Cc2cnc(N3CCC4(CC3)Cc3[nH]cnc3C4N)c(CO)n2)cc1. The molecule has 1 aromatic carbocycles. The van der Waals surface area contributed by atoms with Gasteiger partial charge in [0.25, 0.3) is 0 Å². The third-order valence-corrected chi connectivity index (χ3v) is 6.81. The quantitative estimate of drug-likeness (QED) is 0.529. The van der Waals surface area contributed by atoms with Crippen molar-refractivity contribution in [2.24, 2.45) is 11.1 Å². The van der Waals surface area contributed by atoms with Crippen LogP contribution in [0.1, 0.15) is 47.2 Å². The summed E-state index contributed by atoms with van der Waals surface area (Å²) in [5.74, 6) is 7.44. The zero-order valence-electron chi connectivity index (χ0n) is 18.7. The van der Waals surface area contributed by atoms with Gasteiger partial charge in [-0.1, -0.05) is 23.6 Å². The average molecular weight is 445 g/mol. The van der Waals surface area contributed by atoms with E-state index in [1.54, 1.807) is 12.5 Å². The third kappa shape index (κ3) is 4.17. The molecular weight excluding hydrogens is 416 g/mol.